The zero-order chi connectivity index (χ0) is 14.5. The van der Waals surface area contributed by atoms with Gasteiger partial charge in [-0.05, 0) is 24.1 Å². The summed E-state index contributed by atoms with van der Waals surface area (Å²) < 4.78 is 15.1. The van der Waals surface area contributed by atoms with Gasteiger partial charge in [-0.3, -0.25) is 4.68 Å². The Labute approximate surface area is 118 Å². The van der Waals surface area contributed by atoms with Crippen LogP contribution in [0, 0.1) is 5.82 Å². The first-order valence-corrected chi connectivity index (χ1v) is 6.74. The van der Waals surface area contributed by atoms with E-state index in [2.05, 4.69) is 17.3 Å². The number of aliphatic hydroxyl groups is 1. The van der Waals surface area contributed by atoms with Gasteiger partial charge in [0.2, 0.25) is 0 Å². The number of nitrogens with zero attached hydrogens (tertiary/aromatic N) is 2. The van der Waals surface area contributed by atoms with E-state index in [4.69, 9.17) is 5.11 Å². The van der Waals surface area contributed by atoms with E-state index in [1.807, 2.05) is 19.4 Å². The summed E-state index contributed by atoms with van der Waals surface area (Å²) in [5.41, 5.74) is 2.43. The number of aryl methyl sites for hydroxylation is 1. The van der Waals surface area contributed by atoms with Crippen LogP contribution in [0.15, 0.2) is 30.6 Å². The molecule has 1 heterocycles. The Hall–Kier alpha value is -1.72. The molecule has 0 spiro atoms. The van der Waals surface area contributed by atoms with Crippen molar-refractivity contribution in [1.29, 1.82) is 0 Å². The largest absolute Gasteiger partial charge is 0.392 e. The Balaban J connectivity index is 2.03. The standard InChI is InChI=1S/C15H20FN3O/c1-3-15(13-8-18-19(2)9-13)17-7-11-4-5-14(16)12(6-11)10-20/h4-6,8-9,15,17,20H,3,7,10H2,1-2H3. The summed E-state index contributed by atoms with van der Waals surface area (Å²) in [7, 11) is 1.89. The van der Waals surface area contributed by atoms with Crippen molar-refractivity contribution in [2.24, 2.45) is 7.05 Å². The SMILES string of the molecule is CCC(NCc1ccc(F)c(CO)c1)c1cnn(C)c1. The van der Waals surface area contributed by atoms with Gasteiger partial charge in [0.25, 0.3) is 0 Å². The quantitative estimate of drug-likeness (QED) is 0.851. The maximum absolute atomic E-state index is 13.3. The van der Waals surface area contributed by atoms with Crippen molar-refractivity contribution >= 4 is 0 Å². The summed E-state index contributed by atoms with van der Waals surface area (Å²) in [6.45, 7) is 2.45. The average molecular weight is 277 g/mol. The minimum Gasteiger partial charge on any atom is -0.392 e. The highest BCUT2D eigenvalue weighted by atomic mass is 19.1. The summed E-state index contributed by atoms with van der Waals surface area (Å²) in [5.74, 6) is -0.365. The first-order chi connectivity index (χ1) is 9.63. The molecule has 1 atom stereocenters. The molecule has 1 aromatic heterocycles. The smallest absolute Gasteiger partial charge is 0.128 e. The van der Waals surface area contributed by atoms with Gasteiger partial charge < -0.3 is 10.4 Å². The molecule has 1 unspecified atom stereocenters. The minimum absolute atomic E-state index is 0.214. The molecule has 5 heteroatoms. The Morgan fingerprint density at radius 2 is 2.25 bits per heavy atom. The van der Waals surface area contributed by atoms with Gasteiger partial charge in [-0.15, -0.1) is 0 Å². The van der Waals surface area contributed by atoms with E-state index in [1.165, 1.54) is 6.07 Å². The molecule has 0 saturated carbocycles. The van der Waals surface area contributed by atoms with Gasteiger partial charge in [-0.2, -0.15) is 5.10 Å². The lowest BCUT2D eigenvalue weighted by Gasteiger charge is -2.15. The monoisotopic (exact) mass is 277 g/mol. The van der Waals surface area contributed by atoms with Crippen LogP contribution in [-0.2, 0) is 20.2 Å². The fourth-order valence-electron chi connectivity index (χ4n) is 2.22. The number of aromatic nitrogens is 2. The normalized spacial score (nSPS) is 12.6. The highest BCUT2D eigenvalue weighted by Crippen LogP contribution is 2.17. The van der Waals surface area contributed by atoms with Gasteiger partial charge in [0.15, 0.2) is 0 Å². The number of halogens is 1. The third-order valence-electron chi connectivity index (χ3n) is 3.37. The van der Waals surface area contributed by atoms with Crippen molar-refractivity contribution in [2.75, 3.05) is 0 Å². The van der Waals surface area contributed by atoms with E-state index in [0.29, 0.717) is 12.1 Å². The van der Waals surface area contributed by atoms with Crippen molar-refractivity contribution in [2.45, 2.75) is 32.5 Å². The highest BCUT2D eigenvalue weighted by molar-refractivity contribution is 5.24. The lowest BCUT2D eigenvalue weighted by molar-refractivity contribution is 0.275. The Morgan fingerprint density at radius 3 is 2.85 bits per heavy atom. The lowest BCUT2D eigenvalue weighted by atomic mass is 10.1. The van der Waals surface area contributed by atoms with Gasteiger partial charge in [0.1, 0.15) is 5.82 Å². The second kappa shape index (κ2) is 6.63. The number of benzene rings is 1. The molecule has 108 valence electrons. The molecule has 4 nitrogen and oxygen atoms in total. The van der Waals surface area contributed by atoms with Crippen LogP contribution >= 0.6 is 0 Å². The van der Waals surface area contributed by atoms with Gasteiger partial charge in [0, 0.05) is 37.0 Å². The molecule has 2 N–H and O–H groups in total. The number of hydrogen-bond donors (Lipinski definition) is 2. The number of hydrogen-bond acceptors (Lipinski definition) is 3. The van der Waals surface area contributed by atoms with Gasteiger partial charge in [-0.1, -0.05) is 13.0 Å². The van der Waals surface area contributed by atoms with Gasteiger partial charge >= 0.3 is 0 Å². The zero-order valence-electron chi connectivity index (χ0n) is 11.8. The maximum Gasteiger partial charge on any atom is 0.128 e. The molecule has 0 amide bonds. The average Bonchev–Trinajstić information content (AvgIpc) is 2.87. The van der Waals surface area contributed by atoms with Gasteiger partial charge in [-0.25, -0.2) is 4.39 Å². The molecular weight excluding hydrogens is 257 g/mol. The van der Waals surface area contributed by atoms with E-state index in [1.54, 1.807) is 16.8 Å². The fraction of sp³-hybridized carbons (Fsp3) is 0.400. The number of aliphatic hydroxyl groups excluding tert-OH is 1. The first kappa shape index (κ1) is 14.7. The molecule has 0 fully saturated rings. The van der Waals surface area contributed by atoms with Crippen molar-refractivity contribution < 1.29 is 9.50 Å². The van der Waals surface area contributed by atoms with Crippen LogP contribution in [-0.4, -0.2) is 14.9 Å². The maximum atomic E-state index is 13.3. The predicted molar refractivity (Wildman–Crippen MR) is 75.4 cm³/mol. The van der Waals surface area contributed by atoms with Crippen LogP contribution in [0.3, 0.4) is 0 Å². The van der Waals surface area contributed by atoms with Crippen LogP contribution in [0.4, 0.5) is 4.39 Å². The Kier molecular flexibility index (Phi) is 4.87. The lowest BCUT2D eigenvalue weighted by Crippen LogP contribution is -2.20. The molecule has 1 aromatic carbocycles. The zero-order valence-corrected chi connectivity index (χ0v) is 11.8. The molecule has 0 aliphatic heterocycles. The Morgan fingerprint density at radius 1 is 1.45 bits per heavy atom. The molecule has 0 bridgehead atoms. The summed E-state index contributed by atoms with van der Waals surface area (Å²) in [6.07, 6.45) is 4.79. The van der Waals surface area contributed by atoms with Crippen molar-refractivity contribution in [3.63, 3.8) is 0 Å². The van der Waals surface area contributed by atoms with E-state index >= 15 is 0 Å². The molecule has 20 heavy (non-hydrogen) atoms. The second-order valence-electron chi connectivity index (χ2n) is 4.87. The minimum atomic E-state index is -0.365. The third-order valence-corrected chi connectivity index (χ3v) is 3.37. The highest BCUT2D eigenvalue weighted by Gasteiger charge is 2.11. The Bertz CT molecular complexity index is 568. The van der Waals surface area contributed by atoms with Crippen LogP contribution < -0.4 is 5.32 Å². The van der Waals surface area contributed by atoms with Gasteiger partial charge in [0.05, 0.1) is 12.8 Å². The van der Waals surface area contributed by atoms with Crippen LogP contribution in [0.2, 0.25) is 0 Å². The van der Waals surface area contributed by atoms with Crippen molar-refractivity contribution in [3.05, 3.63) is 53.1 Å². The van der Waals surface area contributed by atoms with Crippen molar-refractivity contribution in [1.82, 2.24) is 15.1 Å². The topological polar surface area (TPSA) is 50.1 Å². The number of rotatable bonds is 6. The first-order valence-electron chi connectivity index (χ1n) is 6.74. The molecule has 0 radical (unpaired) electrons. The molecular formula is C15H20FN3O. The van der Waals surface area contributed by atoms with Crippen molar-refractivity contribution in [3.8, 4) is 0 Å². The van der Waals surface area contributed by atoms with E-state index < -0.39 is 0 Å². The third kappa shape index (κ3) is 3.43. The fourth-order valence-corrected chi connectivity index (χ4v) is 2.22. The predicted octanol–water partition coefficient (Wildman–Crippen LogP) is 2.29. The molecule has 0 saturated heterocycles. The van der Waals surface area contributed by atoms with Crippen LogP contribution in [0.25, 0.3) is 0 Å². The summed E-state index contributed by atoms with van der Waals surface area (Å²) in [4.78, 5) is 0. The van der Waals surface area contributed by atoms with Crippen LogP contribution in [0.5, 0.6) is 0 Å². The van der Waals surface area contributed by atoms with E-state index in [-0.39, 0.29) is 18.5 Å². The van der Waals surface area contributed by atoms with E-state index in [0.717, 1.165) is 17.5 Å². The molecule has 2 aromatic rings. The summed E-state index contributed by atoms with van der Waals surface area (Å²) in [6, 6.07) is 5.04. The molecule has 0 aliphatic carbocycles. The van der Waals surface area contributed by atoms with Crippen LogP contribution in [0.1, 0.15) is 36.1 Å². The van der Waals surface area contributed by atoms with E-state index in [9.17, 15) is 4.39 Å². The summed E-state index contributed by atoms with van der Waals surface area (Å²) >= 11 is 0. The molecule has 2 rings (SSSR count). The summed E-state index contributed by atoms with van der Waals surface area (Å²) in [5, 5.41) is 16.7. The second-order valence-corrected chi connectivity index (χ2v) is 4.87. The number of nitrogens with one attached hydrogen (secondary N) is 1. The molecule has 0 aliphatic rings.